The fourth-order valence-electron chi connectivity index (χ4n) is 3.22. The largest absolute Gasteiger partial charge is 0.497 e. The molecule has 1 heterocycles. The summed E-state index contributed by atoms with van der Waals surface area (Å²) in [5.41, 5.74) is 0.863. The lowest BCUT2D eigenvalue weighted by Gasteiger charge is -2.35. The van der Waals surface area contributed by atoms with Crippen LogP contribution in [0.15, 0.2) is 48.5 Å². The number of piperazine rings is 1. The SMILES string of the molecule is COc1cccc(OCC(=O)NCCS(=O)(=O)N2CCN(c3ccc(F)cc3)CC2)c1. The van der Waals surface area contributed by atoms with Gasteiger partial charge in [0, 0.05) is 44.5 Å². The maximum Gasteiger partial charge on any atom is 0.257 e. The van der Waals surface area contributed by atoms with Gasteiger partial charge < -0.3 is 19.7 Å². The molecule has 0 unspecified atom stereocenters. The summed E-state index contributed by atoms with van der Waals surface area (Å²) < 4.78 is 50.1. The summed E-state index contributed by atoms with van der Waals surface area (Å²) in [6.45, 7) is 1.50. The standard InChI is InChI=1S/C21H26FN3O5S/c1-29-19-3-2-4-20(15-19)30-16-21(26)23-9-14-31(27,28)25-12-10-24(11-13-25)18-7-5-17(22)6-8-18/h2-8,15H,9-14,16H2,1H3,(H,23,26). The fourth-order valence-corrected chi connectivity index (χ4v) is 4.55. The zero-order valence-electron chi connectivity index (χ0n) is 17.3. The zero-order valence-corrected chi connectivity index (χ0v) is 18.1. The summed E-state index contributed by atoms with van der Waals surface area (Å²) in [6.07, 6.45) is 0. The van der Waals surface area contributed by atoms with Crippen LogP contribution in [0.5, 0.6) is 11.5 Å². The Morgan fingerprint density at radius 3 is 2.42 bits per heavy atom. The van der Waals surface area contributed by atoms with Gasteiger partial charge in [-0.1, -0.05) is 6.07 Å². The molecule has 168 valence electrons. The van der Waals surface area contributed by atoms with Crippen molar-refractivity contribution in [3.8, 4) is 11.5 Å². The van der Waals surface area contributed by atoms with Crippen LogP contribution < -0.4 is 19.7 Å². The first-order valence-corrected chi connectivity index (χ1v) is 11.5. The summed E-state index contributed by atoms with van der Waals surface area (Å²) >= 11 is 0. The number of hydrogen-bond donors (Lipinski definition) is 1. The Bertz CT molecular complexity index is 977. The normalized spacial score (nSPS) is 14.8. The predicted molar refractivity (Wildman–Crippen MR) is 115 cm³/mol. The number of halogens is 1. The second kappa shape index (κ2) is 10.5. The smallest absolute Gasteiger partial charge is 0.257 e. The van der Waals surface area contributed by atoms with Crippen molar-refractivity contribution >= 4 is 21.6 Å². The molecule has 0 aromatic heterocycles. The average Bonchev–Trinajstić information content (AvgIpc) is 2.78. The van der Waals surface area contributed by atoms with E-state index in [4.69, 9.17) is 9.47 Å². The Morgan fingerprint density at radius 2 is 1.74 bits per heavy atom. The number of carbonyl (C=O) groups is 1. The molecule has 1 aliphatic rings. The Labute approximate surface area is 181 Å². The average molecular weight is 452 g/mol. The summed E-state index contributed by atoms with van der Waals surface area (Å²) in [4.78, 5) is 14.0. The number of methoxy groups -OCH3 is 1. The van der Waals surface area contributed by atoms with Gasteiger partial charge in [0.15, 0.2) is 6.61 Å². The summed E-state index contributed by atoms with van der Waals surface area (Å²) in [6, 6.07) is 13.0. The third kappa shape index (κ3) is 6.56. The Morgan fingerprint density at radius 1 is 1.06 bits per heavy atom. The van der Waals surface area contributed by atoms with Gasteiger partial charge >= 0.3 is 0 Å². The molecule has 31 heavy (non-hydrogen) atoms. The zero-order chi connectivity index (χ0) is 22.3. The number of benzene rings is 2. The highest BCUT2D eigenvalue weighted by Crippen LogP contribution is 2.19. The van der Waals surface area contributed by atoms with Crippen LogP contribution in [0.4, 0.5) is 10.1 Å². The number of ether oxygens (including phenoxy) is 2. The van der Waals surface area contributed by atoms with Gasteiger partial charge in [-0.15, -0.1) is 0 Å². The lowest BCUT2D eigenvalue weighted by atomic mass is 10.2. The molecule has 2 aromatic rings. The van der Waals surface area contributed by atoms with Crippen molar-refractivity contribution in [3.63, 3.8) is 0 Å². The molecule has 10 heteroatoms. The molecular formula is C21H26FN3O5S. The fraction of sp³-hybridized carbons (Fsp3) is 0.381. The second-order valence-electron chi connectivity index (χ2n) is 7.00. The molecule has 0 spiro atoms. The maximum absolute atomic E-state index is 13.1. The van der Waals surface area contributed by atoms with Gasteiger partial charge in [0.05, 0.1) is 12.9 Å². The minimum absolute atomic E-state index is 0.000807. The van der Waals surface area contributed by atoms with E-state index in [9.17, 15) is 17.6 Å². The van der Waals surface area contributed by atoms with E-state index in [-0.39, 0.29) is 24.7 Å². The third-order valence-electron chi connectivity index (χ3n) is 4.92. The van der Waals surface area contributed by atoms with E-state index in [1.165, 1.54) is 23.5 Å². The molecule has 1 saturated heterocycles. The Balaban J connectivity index is 1.39. The minimum atomic E-state index is -3.49. The van der Waals surface area contributed by atoms with E-state index >= 15 is 0 Å². The summed E-state index contributed by atoms with van der Waals surface area (Å²) in [5.74, 6) is 0.207. The van der Waals surface area contributed by atoms with E-state index < -0.39 is 15.9 Å². The Hall–Kier alpha value is -2.85. The molecule has 0 atom stereocenters. The van der Waals surface area contributed by atoms with Gasteiger partial charge in [-0.05, 0) is 36.4 Å². The van der Waals surface area contributed by atoms with Crippen molar-refractivity contribution in [2.24, 2.45) is 0 Å². The first kappa shape index (κ1) is 22.8. The number of nitrogens with zero attached hydrogens (tertiary/aromatic N) is 2. The van der Waals surface area contributed by atoms with Gasteiger partial charge in [0.2, 0.25) is 10.0 Å². The topological polar surface area (TPSA) is 88.2 Å². The van der Waals surface area contributed by atoms with Crippen LogP contribution >= 0.6 is 0 Å². The molecular weight excluding hydrogens is 425 g/mol. The van der Waals surface area contributed by atoms with Crippen molar-refractivity contribution in [3.05, 3.63) is 54.3 Å². The highest BCUT2D eigenvalue weighted by Gasteiger charge is 2.26. The van der Waals surface area contributed by atoms with Gasteiger partial charge in [-0.25, -0.2) is 12.8 Å². The number of amides is 1. The van der Waals surface area contributed by atoms with E-state index in [2.05, 4.69) is 5.32 Å². The van der Waals surface area contributed by atoms with Crippen LogP contribution in [0.25, 0.3) is 0 Å². The first-order chi connectivity index (χ1) is 14.9. The second-order valence-corrected chi connectivity index (χ2v) is 9.08. The summed E-state index contributed by atoms with van der Waals surface area (Å²) in [7, 11) is -1.96. The number of hydrogen-bond acceptors (Lipinski definition) is 6. The van der Waals surface area contributed by atoms with Crippen molar-refractivity contribution in [2.45, 2.75) is 0 Å². The quantitative estimate of drug-likeness (QED) is 0.622. The number of sulfonamides is 1. The highest BCUT2D eigenvalue weighted by atomic mass is 32.2. The van der Waals surface area contributed by atoms with E-state index in [0.29, 0.717) is 37.7 Å². The van der Waals surface area contributed by atoms with E-state index in [1.807, 2.05) is 4.90 Å². The molecule has 1 fully saturated rings. The third-order valence-corrected chi connectivity index (χ3v) is 6.79. The molecule has 0 aliphatic carbocycles. The minimum Gasteiger partial charge on any atom is -0.497 e. The van der Waals surface area contributed by atoms with Crippen LogP contribution in [-0.2, 0) is 14.8 Å². The van der Waals surface area contributed by atoms with Gasteiger partial charge in [0.1, 0.15) is 17.3 Å². The molecule has 1 N–H and O–H groups in total. The van der Waals surface area contributed by atoms with Crippen LogP contribution in [0.3, 0.4) is 0 Å². The van der Waals surface area contributed by atoms with Gasteiger partial charge in [-0.2, -0.15) is 4.31 Å². The van der Waals surface area contributed by atoms with Crippen molar-refractivity contribution in [1.82, 2.24) is 9.62 Å². The molecule has 0 saturated carbocycles. The predicted octanol–water partition coefficient (Wildman–Crippen LogP) is 1.48. The van der Waals surface area contributed by atoms with Gasteiger partial charge in [-0.3, -0.25) is 4.79 Å². The van der Waals surface area contributed by atoms with Crippen LogP contribution in [-0.4, -0.2) is 70.8 Å². The van der Waals surface area contributed by atoms with E-state index in [0.717, 1.165) is 5.69 Å². The van der Waals surface area contributed by atoms with E-state index in [1.54, 1.807) is 36.4 Å². The first-order valence-electron chi connectivity index (χ1n) is 9.89. The molecule has 8 nitrogen and oxygen atoms in total. The monoisotopic (exact) mass is 451 g/mol. The summed E-state index contributed by atoms with van der Waals surface area (Å²) in [5, 5.41) is 2.57. The molecule has 0 bridgehead atoms. The van der Waals surface area contributed by atoms with Crippen LogP contribution in [0.1, 0.15) is 0 Å². The molecule has 1 aliphatic heterocycles. The lowest BCUT2D eigenvalue weighted by molar-refractivity contribution is -0.122. The van der Waals surface area contributed by atoms with Crippen LogP contribution in [0.2, 0.25) is 0 Å². The highest BCUT2D eigenvalue weighted by molar-refractivity contribution is 7.89. The molecule has 1 amide bonds. The van der Waals surface area contributed by atoms with Gasteiger partial charge in [0.25, 0.3) is 5.91 Å². The number of carbonyl (C=O) groups excluding carboxylic acids is 1. The Kier molecular flexibility index (Phi) is 7.69. The van der Waals surface area contributed by atoms with Crippen molar-refractivity contribution in [1.29, 1.82) is 0 Å². The molecule has 2 aromatic carbocycles. The molecule has 3 rings (SSSR count). The maximum atomic E-state index is 13.1. The number of anilines is 1. The number of rotatable bonds is 9. The van der Waals surface area contributed by atoms with Crippen molar-refractivity contribution in [2.75, 3.05) is 57.1 Å². The lowest BCUT2D eigenvalue weighted by Crippen LogP contribution is -2.50. The number of nitrogens with one attached hydrogen (secondary N) is 1. The molecule has 0 radical (unpaired) electrons. The van der Waals surface area contributed by atoms with Crippen molar-refractivity contribution < 1.29 is 27.1 Å². The van der Waals surface area contributed by atoms with Crippen LogP contribution in [0, 0.1) is 5.82 Å².